The second-order valence-electron chi connectivity index (χ2n) is 13.7. The van der Waals surface area contributed by atoms with Gasteiger partial charge in [-0.15, -0.1) is 0 Å². The number of allylic oxidation sites excluding steroid dienone is 2. The van der Waals surface area contributed by atoms with Crippen molar-refractivity contribution < 1.29 is 0 Å². The second kappa shape index (κ2) is 11.9. The molecule has 2 aliphatic carbocycles. The Balaban J connectivity index is 1.21. The zero-order valence-electron chi connectivity index (χ0n) is 28.2. The van der Waals surface area contributed by atoms with Crippen molar-refractivity contribution in [1.29, 1.82) is 0 Å². The van der Waals surface area contributed by atoms with Crippen molar-refractivity contribution in [1.82, 2.24) is 0 Å². The summed E-state index contributed by atoms with van der Waals surface area (Å²) in [5.41, 5.74) is 14.5. The number of nitrogens with zero attached hydrogens (tertiary/aromatic N) is 2. The van der Waals surface area contributed by atoms with Crippen LogP contribution < -0.4 is 9.80 Å². The third-order valence-electron chi connectivity index (χ3n) is 11.0. The van der Waals surface area contributed by atoms with E-state index in [1.807, 2.05) is 0 Å². The van der Waals surface area contributed by atoms with Crippen molar-refractivity contribution >= 4 is 28.4 Å². The Morgan fingerprint density at radius 3 is 1.75 bits per heavy atom. The second-order valence-corrected chi connectivity index (χ2v) is 13.7. The fraction of sp³-hybridized carbons (Fsp3) is 0.0612. The molecule has 242 valence electrons. The fourth-order valence-electron chi connectivity index (χ4n) is 8.95. The average Bonchev–Trinajstić information content (AvgIpc) is 3.70. The van der Waals surface area contributed by atoms with Crippen LogP contribution in [0.3, 0.4) is 0 Å². The molecular weight excluding hydrogens is 617 g/mol. The van der Waals surface area contributed by atoms with Crippen LogP contribution >= 0.6 is 0 Å². The minimum absolute atomic E-state index is 0.240. The molecule has 0 amide bonds. The Morgan fingerprint density at radius 1 is 0.451 bits per heavy atom. The molecule has 1 aliphatic heterocycles. The maximum Gasteiger partial charge on any atom is 0.0714 e. The summed E-state index contributed by atoms with van der Waals surface area (Å²) in [6.45, 7) is 0. The monoisotopic (exact) mass is 652 g/mol. The van der Waals surface area contributed by atoms with Gasteiger partial charge < -0.3 is 9.80 Å². The van der Waals surface area contributed by atoms with Gasteiger partial charge in [0.25, 0.3) is 0 Å². The summed E-state index contributed by atoms with van der Waals surface area (Å²) in [6.07, 6.45) is 9.08. The van der Waals surface area contributed by atoms with Crippen LogP contribution in [0.2, 0.25) is 0 Å². The Labute approximate surface area is 299 Å². The first kappa shape index (κ1) is 29.5. The van der Waals surface area contributed by atoms with Crippen LogP contribution in [0.15, 0.2) is 206 Å². The van der Waals surface area contributed by atoms with E-state index in [2.05, 4.69) is 216 Å². The Hall–Kier alpha value is -6.38. The van der Waals surface area contributed by atoms with E-state index in [0.29, 0.717) is 5.92 Å². The predicted molar refractivity (Wildman–Crippen MR) is 212 cm³/mol. The van der Waals surface area contributed by atoms with E-state index < -0.39 is 5.41 Å². The fourth-order valence-corrected chi connectivity index (χ4v) is 8.95. The standard InChI is InChI=1S/C49H36N2/c1-5-17-35(18-6-1)49(36-19-7-2-8-20-36)45-27-15-13-25-41(45)42-31-29-39(33-46(42)49)50(37-21-9-3-10-22-37)40-30-32-44-43-26-14-16-28-47(43)51(48(44)34-40)38-23-11-4-12-24-38/h1-34,43,47H. The zero-order chi connectivity index (χ0) is 33.8. The van der Waals surface area contributed by atoms with Crippen molar-refractivity contribution in [3.05, 3.63) is 234 Å². The lowest BCUT2D eigenvalue weighted by Crippen LogP contribution is -2.28. The van der Waals surface area contributed by atoms with Gasteiger partial charge in [-0.05, 0) is 87.5 Å². The summed E-state index contributed by atoms with van der Waals surface area (Å²) in [4.78, 5) is 4.95. The first-order chi connectivity index (χ1) is 25.3. The lowest BCUT2D eigenvalue weighted by molar-refractivity contribution is 0.745. The highest BCUT2D eigenvalue weighted by Crippen LogP contribution is 2.57. The van der Waals surface area contributed by atoms with E-state index in [9.17, 15) is 0 Å². The van der Waals surface area contributed by atoms with E-state index in [4.69, 9.17) is 0 Å². The van der Waals surface area contributed by atoms with Crippen LogP contribution in [0.4, 0.5) is 28.4 Å². The number of para-hydroxylation sites is 2. The highest BCUT2D eigenvalue weighted by atomic mass is 15.2. The average molecular weight is 653 g/mol. The van der Waals surface area contributed by atoms with Crippen LogP contribution in [0.25, 0.3) is 11.1 Å². The summed E-state index contributed by atoms with van der Waals surface area (Å²) < 4.78 is 0. The molecule has 2 unspecified atom stereocenters. The molecule has 10 rings (SSSR count). The quantitative estimate of drug-likeness (QED) is 0.176. The summed E-state index contributed by atoms with van der Waals surface area (Å²) in [5.74, 6) is 0.306. The van der Waals surface area contributed by atoms with Crippen molar-refractivity contribution in [3.8, 4) is 11.1 Å². The molecule has 7 aromatic rings. The molecule has 0 N–H and O–H groups in total. The maximum atomic E-state index is 2.52. The van der Waals surface area contributed by atoms with Crippen molar-refractivity contribution in [2.75, 3.05) is 9.80 Å². The SMILES string of the molecule is C1=CC2c3ccc(N(c4ccccc4)c4ccc5c(c4)C(c4ccccc4)(c4ccccc4)c4ccccc4-5)cc3N(c3ccccc3)C2C=C1. The summed E-state index contributed by atoms with van der Waals surface area (Å²) >= 11 is 0. The molecule has 51 heavy (non-hydrogen) atoms. The summed E-state index contributed by atoms with van der Waals surface area (Å²) in [5, 5.41) is 0. The maximum absolute atomic E-state index is 2.52. The number of benzene rings is 7. The van der Waals surface area contributed by atoms with Gasteiger partial charge >= 0.3 is 0 Å². The molecule has 7 aromatic carbocycles. The Kier molecular flexibility index (Phi) is 6.89. The molecule has 0 saturated heterocycles. The van der Waals surface area contributed by atoms with Crippen LogP contribution in [-0.2, 0) is 5.41 Å². The number of anilines is 5. The van der Waals surface area contributed by atoms with Crippen LogP contribution in [0, 0.1) is 0 Å². The smallest absolute Gasteiger partial charge is 0.0714 e. The van der Waals surface area contributed by atoms with E-state index in [0.717, 1.165) is 17.1 Å². The first-order valence-electron chi connectivity index (χ1n) is 17.9. The topological polar surface area (TPSA) is 6.48 Å². The van der Waals surface area contributed by atoms with E-state index in [-0.39, 0.29) is 6.04 Å². The Bertz CT molecular complexity index is 2390. The van der Waals surface area contributed by atoms with Gasteiger partial charge in [-0.3, -0.25) is 0 Å². The van der Waals surface area contributed by atoms with Gasteiger partial charge in [0.2, 0.25) is 0 Å². The molecule has 0 spiro atoms. The van der Waals surface area contributed by atoms with E-state index >= 15 is 0 Å². The van der Waals surface area contributed by atoms with Crippen LogP contribution in [-0.4, -0.2) is 6.04 Å². The zero-order valence-corrected chi connectivity index (χ0v) is 28.2. The number of hydrogen-bond acceptors (Lipinski definition) is 2. The van der Waals surface area contributed by atoms with Gasteiger partial charge in [-0.25, -0.2) is 0 Å². The molecule has 0 radical (unpaired) electrons. The van der Waals surface area contributed by atoms with Gasteiger partial charge in [0.05, 0.1) is 11.5 Å². The van der Waals surface area contributed by atoms with E-state index in [1.165, 1.54) is 50.3 Å². The minimum Gasteiger partial charge on any atom is -0.333 e. The molecule has 3 aliphatic rings. The van der Waals surface area contributed by atoms with Crippen LogP contribution in [0.5, 0.6) is 0 Å². The molecule has 0 saturated carbocycles. The normalized spacial score (nSPS) is 17.4. The highest BCUT2D eigenvalue weighted by molar-refractivity contribution is 5.90. The van der Waals surface area contributed by atoms with Crippen molar-refractivity contribution in [2.24, 2.45) is 0 Å². The molecule has 0 bridgehead atoms. The third-order valence-corrected chi connectivity index (χ3v) is 11.0. The lowest BCUT2D eigenvalue weighted by Gasteiger charge is -2.35. The lowest BCUT2D eigenvalue weighted by atomic mass is 9.67. The van der Waals surface area contributed by atoms with E-state index in [1.54, 1.807) is 0 Å². The molecule has 0 fully saturated rings. The molecule has 0 aromatic heterocycles. The summed E-state index contributed by atoms with van der Waals surface area (Å²) in [7, 11) is 0. The van der Waals surface area contributed by atoms with Gasteiger partial charge in [0.15, 0.2) is 0 Å². The largest absolute Gasteiger partial charge is 0.333 e. The van der Waals surface area contributed by atoms with Crippen LogP contribution in [0.1, 0.15) is 33.7 Å². The van der Waals surface area contributed by atoms with Crippen molar-refractivity contribution in [2.45, 2.75) is 17.4 Å². The Morgan fingerprint density at radius 2 is 1.02 bits per heavy atom. The van der Waals surface area contributed by atoms with Gasteiger partial charge in [-0.1, -0.05) is 158 Å². The highest BCUT2D eigenvalue weighted by Gasteiger charge is 2.46. The first-order valence-corrected chi connectivity index (χ1v) is 17.9. The predicted octanol–water partition coefficient (Wildman–Crippen LogP) is 12.2. The molecular formula is C49H36N2. The molecule has 1 heterocycles. The third kappa shape index (κ3) is 4.50. The van der Waals surface area contributed by atoms with Crippen molar-refractivity contribution in [3.63, 3.8) is 0 Å². The molecule has 2 atom stereocenters. The number of rotatable bonds is 6. The minimum atomic E-state index is -0.469. The molecule has 2 nitrogen and oxygen atoms in total. The summed E-state index contributed by atoms with van der Waals surface area (Å²) in [6, 6.07) is 67.1. The van der Waals surface area contributed by atoms with Gasteiger partial charge in [-0.2, -0.15) is 0 Å². The number of fused-ring (bicyclic) bond motifs is 6. The van der Waals surface area contributed by atoms with Gasteiger partial charge in [0.1, 0.15) is 0 Å². The molecule has 2 heteroatoms. The van der Waals surface area contributed by atoms with Gasteiger partial charge in [0, 0.05) is 34.4 Å². The number of hydrogen-bond donors (Lipinski definition) is 0.